The maximum Gasteiger partial charge on any atom is 0.239 e. The molecule has 2 aromatic carbocycles. The van der Waals surface area contributed by atoms with Crippen LogP contribution in [0, 0.1) is 36.5 Å². The van der Waals surface area contributed by atoms with Crippen molar-refractivity contribution in [1.82, 2.24) is 9.47 Å². The van der Waals surface area contributed by atoms with Gasteiger partial charge in [0, 0.05) is 17.4 Å². The molecule has 1 atom stereocenters. The Kier molecular flexibility index (Phi) is 7.73. The van der Waals surface area contributed by atoms with E-state index in [1.165, 1.54) is 0 Å². The summed E-state index contributed by atoms with van der Waals surface area (Å²) in [6.07, 6.45) is 0. The summed E-state index contributed by atoms with van der Waals surface area (Å²) < 4.78 is 7.15. The van der Waals surface area contributed by atoms with Gasteiger partial charge in [0.15, 0.2) is 0 Å². The van der Waals surface area contributed by atoms with Gasteiger partial charge in [-0.05, 0) is 74.8 Å². The van der Waals surface area contributed by atoms with Crippen LogP contribution < -0.4 is 10.1 Å². The van der Waals surface area contributed by atoms with Crippen molar-refractivity contribution in [3.63, 3.8) is 0 Å². The summed E-state index contributed by atoms with van der Waals surface area (Å²) >= 11 is 0. The molecular weight excluding hydrogens is 426 g/mol. The largest absolute Gasteiger partial charge is 0.497 e. The number of amides is 1. The predicted octanol–water partition coefficient (Wildman–Crippen LogP) is 4.87. The van der Waals surface area contributed by atoms with E-state index in [-0.39, 0.29) is 18.5 Å². The Morgan fingerprint density at radius 1 is 1.09 bits per heavy atom. The van der Waals surface area contributed by atoms with Crippen molar-refractivity contribution >= 4 is 11.7 Å². The van der Waals surface area contributed by atoms with Gasteiger partial charge in [-0.15, -0.1) is 0 Å². The van der Waals surface area contributed by atoms with E-state index in [0.29, 0.717) is 23.5 Å². The van der Waals surface area contributed by atoms with Crippen LogP contribution in [0.2, 0.25) is 0 Å². The van der Waals surface area contributed by atoms with Gasteiger partial charge in [0.05, 0.1) is 30.9 Å². The molecule has 0 saturated heterocycles. The lowest BCUT2D eigenvalue weighted by atomic mass is 10.0. The van der Waals surface area contributed by atoms with Crippen molar-refractivity contribution in [3.05, 3.63) is 76.5 Å². The lowest BCUT2D eigenvalue weighted by molar-refractivity contribution is -0.117. The van der Waals surface area contributed by atoms with Crippen molar-refractivity contribution < 1.29 is 9.53 Å². The topological polar surface area (TPSA) is 94.1 Å². The first kappa shape index (κ1) is 24.6. The number of ether oxygens (including phenoxy) is 1. The highest BCUT2D eigenvalue weighted by Crippen LogP contribution is 2.31. The third-order valence-corrected chi connectivity index (χ3v) is 6.24. The number of carbonyl (C=O) groups excluding carboxylic acids is 1. The zero-order chi connectivity index (χ0) is 24.8. The summed E-state index contributed by atoms with van der Waals surface area (Å²) in [5.41, 5.74) is 4.62. The van der Waals surface area contributed by atoms with Crippen molar-refractivity contribution in [1.29, 1.82) is 10.5 Å². The number of benzene rings is 2. The molecule has 7 nitrogen and oxygen atoms in total. The van der Waals surface area contributed by atoms with Crippen LogP contribution in [0.25, 0.3) is 5.69 Å². The Morgan fingerprint density at radius 2 is 1.74 bits per heavy atom. The van der Waals surface area contributed by atoms with E-state index < -0.39 is 0 Å². The third kappa shape index (κ3) is 4.96. The van der Waals surface area contributed by atoms with Crippen molar-refractivity contribution in [2.24, 2.45) is 0 Å². The van der Waals surface area contributed by atoms with Crippen LogP contribution in [0.5, 0.6) is 5.75 Å². The summed E-state index contributed by atoms with van der Waals surface area (Å²) in [5.74, 6) is 0.993. The maximum atomic E-state index is 13.2. The number of anilines is 1. The molecule has 1 amide bonds. The number of methoxy groups -OCH3 is 1. The molecule has 0 unspecified atom stereocenters. The Balaban J connectivity index is 1.87. The Morgan fingerprint density at radius 3 is 2.26 bits per heavy atom. The van der Waals surface area contributed by atoms with Crippen LogP contribution >= 0.6 is 0 Å². The molecule has 0 aliphatic carbocycles. The first-order valence-corrected chi connectivity index (χ1v) is 11.1. The molecule has 1 aromatic heterocycles. The number of nitrogens with zero attached hydrogens (tertiary/aromatic N) is 4. The van der Waals surface area contributed by atoms with Gasteiger partial charge >= 0.3 is 0 Å². The third-order valence-electron chi connectivity index (χ3n) is 6.24. The van der Waals surface area contributed by atoms with E-state index in [9.17, 15) is 10.1 Å². The van der Waals surface area contributed by atoms with E-state index in [1.807, 2.05) is 73.6 Å². The number of hydrogen-bond donors (Lipinski definition) is 1. The molecule has 174 valence electrons. The Labute approximate surface area is 200 Å². The minimum absolute atomic E-state index is 0.0178. The van der Waals surface area contributed by atoms with Gasteiger partial charge in [0.2, 0.25) is 5.91 Å². The van der Waals surface area contributed by atoms with Crippen molar-refractivity contribution in [3.8, 4) is 23.6 Å². The van der Waals surface area contributed by atoms with Gasteiger partial charge < -0.3 is 10.1 Å². The molecule has 3 aromatic rings. The molecule has 34 heavy (non-hydrogen) atoms. The molecule has 0 fully saturated rings. The average molecular weight is 456 g/mol. The van der Waals surface area contributed by atoms with Gasteiger partial charge in [-0.3, -0.25) is 14.3 Å². The van der Waals surface area contributed by atoms with E-state index >= 15 is 0 Å². The molecule has 0 saturated carbocycles. The van der Waals surface area contributed by atoms with Gasteiger partial charge in [-0.2, -0.15) is 10.5 Å². The Bertz CT molecular complexity index is 1240. The van der Waals surface area contributed by atoms with Crippen molar-refractivity contribution in [2.45, 2.75) is 33.7 Å². The zero-order valence-corrected chi connectivity index (χ0v) is 20.2. The lowest BCUT2D eigenvalue weighted by Gasteiger charge is -2.27. The standard InChI is InChI=1S/C27H29N5O2/c1-6-31(20(4)22-9-7-21(15-28)8-10-22)17-26(33)30-27-25(16-29)18(2)19(3)32(27)23-11-13-24(34-5)14-12-23/h7-14,20H,6,17H2,1-5H3,(H,30,33)/t20-/m1/s1. The van der Waals surface area contributed by atoms with E-state index in [0.717, 1.165) is 28.3 Å². The molecule has 0 bridgehead atoms. The molecule has 0 aliphatic heterocycles. The quantitative estimate of drug-likeness (QED) is 0.523. The predicted molar refractivity (Wildman–Crippen MR) is 132 cm³/mol. The Hall–Kier alpha value is -4.07. The minimum Gasteiger partial charge on any atom is -0.497 e. The molecule has 0 radical (unpaired) electrons. The highest BCUT2D eigenvalue weighted by atomic mass is 16.5. The van der Waals surface area contributed by atoms with Gasteiger partial charge in [0.1, 0.15) is 17.6 Å². The smallest absolute Gasteiger partial charge is 0.239 e. The second-order valence-corrected chi connectivity index (χ2v) is 8.10. The molecule has 7 heteroatoms. The molecule has 0 spiro atoms. The zero-order valence-electron chi connectivity index (χ0n) is 20.2. The van der Waals surface area contributed by atoms with Gasteiger partial charge in [0.25, 0.3) is 0 Å². The van der Waals surface area contributed by atoms with E-state index in [4.69, 9.17) is 10.00 Å². The van der Waals surface area contributed by atoms with Gasteiger partial charge in [-0.1, -0.05) is 19.1 Å². The molecule has 1 heterocycles. The highest BCUT2D eigenvalue weighted by Gasteiger charge is 2.23. The van der Waals surface area contributed by atoms with Crippen LogP contribution in [-0.4, -0.2) is 35.6 Å². The number of hydrogen-bond acceptors (Lipinski definition) is 5. The summed E-state index contributed by atoms with van der Waals surface area (Å²) in [4.78, 5) is 15.2. The molecular formula is C27H29N5O2. The van der Waals surface area contributed by atoms with Crippen LogP contribution in [0.4, 0.5) is 5.82 Å². The number of nitrogens with one attached hydrogen (secondary N) is 1. The van der Waals surface area contributed by atoms with Crippen LogP contribution in [-0.2, 0) is 4.79 Å². The molecule has 3 rings (SSSR count). The summed E-state index contributed by atoms with van der Waals surface area (Å²) in [5, 5.41) is 21.8. The number of nitriles is 2. The fraction of sp³-hybridized carbons (Fsp3) is 0.296. The second-order valence-electron chi connectivity index (χ2n) is 8.10. The summed E-state index contributed by atoms with van der Waals surface area (Å²) in [6, 6.07) is 19.2. The van der Waals surface area contributed by atoms with Crippen LogP contribution in [0.1, 0.15) is 47.8 Å². The molecule has 0 aliphatic rings. The highest BCUT2D eigenvalue weighted by molar-refractivity contribution is 5.93. The second kappa shape index (κ2) is 10.7. The minimum atomic E-state index is -0.203. The number of carbonyl (C=O) groups is 1. The average Bonchev–Trinajstić information content (AvgIpc) is 3.10. The SMILES string of the molecule is CCN(CC(=O)Nc1c(C#N)c(C)c(C)n1-c1ccc(OC)cc1)[C@H](C)c1ccc(C#N)cc1. The first-order chi connectivity index (χ1) is 16.3. The fourth-order valence-electron chi connectivity index (χ4n) is 4.04. The van der Waals surface area contributed by atoms with E-state index in [2.05, 4.69) is 17.5 Å². The summed E-state index contributed by atoms with van der Waals surface area (Å²) in [6.45, 7) is 8.68. The maximum absolute atomic E-state index is 13.2. The first-order valence-electron chi connectivity index (χ1n) is 11.1. The number of aromatic nitrogens is 1. The van der Waals surface area contributed by atoms with Gasteiger partial charge in [-0.25, -0.2) is 0 Å². The normalized spacial score (nSPS) is 11.5. The summed E-state index contributed by atoms with van der Waals surface area (Å²) in [7, 11) is 1.61. The monoisotopic (exact) mass is 455 g/mol. The lowest BCUT2D eigenvalue weighted by Crippen LogP contribution is -2.35. The fourth-order valence-corrected chi connectivity index (χ4v) is 4.04. The van der Waals surface area contributed by atoms with E-state index in [1.54, 1.807) is 19.2 Å². The number of rotatable bonds is 8. The van der Waals surface area contributed by atoms with Crippen LogP contribution in [0.15, 0.2) is 48.5 Å². The van der Waals surface area contributed by atoms with Crippen LogP contribution in [0.3, 0.4) is 0 Å². The van der Waals surface area contributed by atoms with Crippen molar-refractivity contribution in [2.75, 3.05) is 25.5 Å². The molecule has 1 N–H and O–H groups in total. The number of likely N-dealkylation sites (N-methyl/N-ethyl adjacent to an activating group) is 1.